The number of methoxy groups -OCH3 is 1. The highest BCUT2D eigenvalue weighted by Crippen LogP contribution is 2.25. The second-order valence-electron chi connectivity index (χ2n) is 4.47. The number of ether oxygens (including phenoxy) is 1. The van der Waals surface area contributed by atoms with Crippen LogP contribution in [0.1, 0.15) is 12.5 Å². The molecule has 17 heavy (non-hydrogen) atoms. The molecule has 2 N–H and O–H groups in total. The molecule has 1 fully saturated rings. The van der Waals surface area contributed by atoms with Gasteiger partial charge in [0.15, 0.2) is 0 Å². The molecule has 1 aromatic carbocycles. The number of nitrogens with two attached hydrogens (primary N) is 1. The molecule has 1 unspecified atom stereocenters. The highest BCUT2D eigenvalue weighted by Gasteiger charge is 2.19. The van der Waals surface area contributed by atoms with Crippen LogP contribution >= 0.6 is 11.8 Å². The molecule has 1 heterocycles. The lowest BCUT2D eigenvalue weighted by Crippen LogP contribution is -2.39. The van der Waals surface area contributed by atoms with Gasteiger partial charge in [-0.15, -0.1) is 0 Å². The monoisotopic (exact) mass is 252 g/mol. The van der Waals surface area contributed by atoms with E-state index >= 15 is 0 Å². The molecule has 0 spiro atoms. The summed E-state index contributed by atoms with van der Waals surface area (Å²) in [5, 5.41) is 0. The van der Waals surface area contributed by atoms with Gasteiger partial charge in [0.05, 0.1) is 7.11 Å². The topological polar surface area (TPSA) is 38.5 Å². The molecule has 1 aliphatic heterocycles. The SMILES string of the molecule is COc1ccc(N)cc1CN1CCSCC1C. The molecule has 94 valence electrons. The zero-order chi connectivity index (χ0) is 12.3. The van der Waals surface area contributed by atoms with Crippen LogP contribution in [0, 0.1) is 0 Å². The summed E-state index contributed by atoms with van der Waals surface area (Å²) < 4.78 is 5.39. The number of thioether (sulfide) groups is 1. The van der Waals surface area contributed by atoms with E-state index in [4.69, 9.17) is 10.5 Å². The Balaban J connectivity index is 2.13. The van der Waals surface area contributed by atoms with Crippen LogP contribution in [0.3, 0.4) is 0 Å². The van der Waals surface area contributed by atoms with Crippen molar-refractivity contribution < 1.29 is 4.74 Å². The van der Waals surface area contributed by atoms with Crippen LogP contribution in [-0.2, 0) is 6.54 Å². The van der Waals surface area contributed by atoms with Crippen molar-refractivity contribution >= 4 is 17.4 Å². The molecule has 4 heteroatoms. The predicted octanol–water partition coefficient (Wildman–Crippen LogP) is 2.21. The average Bonchev–Trinajstić information content (AvgIpc) is 2.32. The molecule has 0 radical (unpaired) electrons. The average molecular weight is 252 g/mol. The van der Waals surface area contributed by atoms with Gasteiger partial charge < -0.3 is 10.5 Å². The third kappa shape index (κ3) is 3.07. The van der Waals surface area contributed by atoms with Crippen LogP contribution in [-0.4, -0.2) is 36.1 Å². The molecule has 0 aliphatic carbocycles. The number of anilines is 1. The molecule has 1 saturated heterocycles. The van der Waals surface area contributed by atoms with Crippen LogP contribution in [0.2, 0.25) is 0 Å². The van der Waals surface area contributed by atoms with E-state index in [1.807, 2.05) is 30.0 Å². The maximum atomic E-state index is 5.84. The minimum absolute atomic E-state index is 0.625. The number of hydrogen-bond acceptors (Lipinski definition) is 4. The van der Waals surface area contributed by atoms with Gasteiger partial charge in [-0.3, -0.25) is 4.90 Å². The van der Waals surface area contributed by atoms with Crippen molar-refractivity contribution in [3.63, 3.8) is 0 Å². The van der Waals surface area contributed by atoms with Crippen molar-refractivity contribution in [3.05, 3.63) is 23.8 Å². The van der Waals surface area contributed by atoms with E-state index in [1.165, 1.54) is 17.1 Å². The molecule has 1 aromatic rings. The molecule has 2 rings (SSSR count). The number of benzene rings is 1. The first-order chi connectivity index (χ1) is 8.20. The van der Waals surface area contributed by atoms with Crippen LogP contribution < -0.4 is 10.5 Å². The Kier molecular flexibility index (Phi) is 4.18. The second-order valence-corrected chi connectivity index (χ2v) is 5.62. The number of nitrogen functional groups attached to an aromatic ring is 1. The van der Waals surface area contributed by atoms with E-state index in [0.29, 0.717) is 6.04 Å². The normalized spacial score (nSPS) is 21.4. The first kappa shape index (κ1) is 12.6. The summed E-state index contributed by atoms with van der Waals surface area (Å²) in [6.07, 6.45) is 0. The lowest BCUT2D eigenvalue weighted by atomic mass is 10.1. The molecule has 1 aliphatic rings. The maximum absolute atomic E-state index is 5.84. The van der Waals surface area contributed by atoms with E-state index in [2.05, 4.69) is 11.8 Å². The van der Waals surface area contributed by atoms with E-state index in [0.717, 1.165) is 24.5 Å². The molecule has 3 nitrogen and oxygen atoms in total. The van der Waals surface area contributed by atoms with Gasteiger partial charge in [0, 0.05) is 41.9 Å². The van der Waals surface area contributed by atoms with Gasteiger partial charge in [-0.25, -0.2) is 0 Å². The summed E-state index contributed by atoms with van der Waals surface area (Å²) in [5.41, 5.74) is 7.84. The first-order valence-corrected chi connectivity index (χ1v) is 7.10. The van der Waals surface area contributed by atoms with Gasteiger partial charge in [0.1, 0.15) is 5.75 Å². The van der Waals surface area contributed by atoms with Crippen LogP contribution in [0.4, 0.5) is 5.69 Å². The van der Waals surface area contributed by atoms with E-state index in [1.54, 1.807) is 7.11 Å². The zero-order valence-corrected chi connectivity index (χ0v) is 11.3. The summed E-state index contributed by atoms with van der Waals surface area (Å²) in [5.74, 6) is 3.37. The fourth-order valence-electron chi connectivity index (χ4n) is 2.14. The Hall–Kier alpha value is -0.870. The summed E-state index contributed by atoms with van der Waals surface area (Å²) in [4.78, 5) is 2.49. The first-order valence-electron chi connectivity index (χ1n) is 5.95. The van der Waals surface area contributed by atoms with Crippen molar-refractivity contribution in [2.24, 2.45) is 0 Å². The van der Waals surface area contributed by atoms with E-state index in [-0.39, 0.29) is 0 Å². The Morgan fingerprint density at radius 3 is 3.06 bits per heavy atom. The van der Waals surface area contributed by atoms with Crippen molar-refractivity contribution in [2.45, 2.75) is 19.5 Å². The molecular weight excluding hydrogens is 232 g/mol. The van der Waals surface area contributed by atoms with Gasteiger partial charge in [-0.1, -0.05) is 0 Å². The quantitative estimate of drug-likeness (QED) is 0.837. The summed E-state index contributed by atoms with van der Waals surface area (Å²) in [6.45, 7) is 4.35. The van der Waals surface area contributed by atoms with Gasteiger partial charge in [0.2, 0.25) is 0 Å². The predicted molar refractivity (Wildman–Crippen MR) is 74.6 cm³/mol. The standard InChI is InChI=1S/C13H20N2OS/c1-10-9-17-6-5-15(10)8-11-7-12(14)3-4-13(11)16-2/h3-4,7,10H,5-6,8-9,14H2,1-2H3. The lowest BCUT2D eigenvalue weighted by Gasteiger charge is -2.33. The van der Waals surface area contributed by atoms with Gasteiger partial charge in [0.25, 0.3) is 0 Å². The summed E-state index contributed by atoms with van der Waals surface area (Å²) in [6, 6.07) is 6.49. The van der Waals surface area contributed by atoms with Crippen molar-refractivity contribution in [2.75, 3.05) is 30.9 Å². The molecule has 0 bridgehead atoms. The summed E-state index contributed by atoms with van der Waals surface area (Å²) >= 11 is 2.03. The Labute approximate surface area is 107 Å². The Morgan fingerprint density at radius 1 is 1.53 bits per heavy atom. The van der Waals surface area contributed by atoms with E-state index < -0.39 is 0 Å². The number of rotatable bonds is 3. The molecule has 0 amide bonds. The molecule has 0 saturated carbocycles. The second kappa shape index (κ2) is 5.65. The number of nitrogens with zero attached hydrogens (tertiary/aromatic N) is 1. The van der Waals surface area contributed by atoms with Crippen molar-refractivity contribution in [1.82, 2.24) is 4.90 Å². The third-order valence-electron chi connectivity index (χ3n) is 3.18. The molecule has 0 aromatic heterocycles. The van der Waals surface area contributed by atoms with Gasteiger partial charge in [-0.05, 0) is 25.1 Å². The fourth-order valence-corrected chi connectivity index (χ4v) is 3.22. The number of hydrogen-bond donors (Lipinski definition) is 1. The largest absolute Gasteiger partial charge is 0.496 e. The Bertz CT molecular complexity index is 384. The van der Waals surface area contributed by atoms with Gasteiger partial charge in [-0.2, -0.15) is 11.8 Å². The molecule has 1 atom stereocenters. The highest BCUT2D eigenvalue weighted by molar-refractivity contribution is 7.99. The fraction of sp³-hybridized carbons (Fsp3) is 0.538. The summed E-state index contributed by atoms with van der Waals surface area (Å²) in [7, 11) is 1.71. The van der Waals surface area contributed by atoms with Crippen molar-refractivity contribution in [1.29, 1.82) is 0 Å². The zero-order valence-electron chi connectivity index (χ0n) is 10.5. The minimum atomic E-state index is 0.625. The maximum Gasteiger partial charge on any atom is 0.123 e. The lowest BCUT2D eigenvalue weighted by molar-refractivity contribution is 0.221. The molecular formula is C13H20N2OS. The van der Waals surface area contributed by atoms with Crippen LogP contribution in [0.5, 0.6) is 5.75 Å². The van der Waals surface area contributed by atoms with Gasteiger partial charge >= 0.3 is 0 Å². The smallest absolute Gasteiger partial charge is 0.123 e. The van der Waals surface area contributed by atoms with Crippen LogP contribution in [0.15, 0.2) is 18.2 Å². The van der Waals surface area contributed by atoms with E-state index in [9.17, 15) is 0 Å². The van der Waals surface area contributed by atoms with Crippen LogP contribution in [0.25, 0.3) is 0 Å². The van der Waals surface area contributed by atoms with Crippen molar-refractivity contribution in [3.8, 4) is 5.75 Å². The highest BCUT2D eigenvalue weighted by atomic mass is 32.2. The third-order valence-corrected chi connectivity index (χ3v) is 4.37. The Morgan fingerprint density at radius 2 is 2.35 bits per heavy atom. The minimum Gasteiger partial charge on any atom is -0.496 e.